The van der Waals surface area contributed by atoms with E-state index in [0.29, 0.717) is 0 Å². The zero-order valence-corrected chi connectivity index (χ0v) is 18.2. The van der Waals surface area contributed by atoms with Crippen molar-refractivity contribution in [1.29, 1.82) is 0 Å². The molecule has 0 aliphatic rings. The van der Waals surface area contributed by atoms with Crippen LogP contribution < -0.4 is 4.72 Å². The Bertz CT molecular complexity index is 874. The first-order valence-electron chi connectivity index (χ1n) is 8.82. The number of carbonyl (C=O) groups is 1. The van der Waals surface area contributed by atoms with Crippen molar-refractivity contribution in [3.63, 3.8) is 0 Å². The van der Waals surface area contributed by atoms with Crippen LogP contribution in [0.1, 0.15) is 24.1 Å². The maximum atomic E-state index is 13.0. The number of aryl methyl sites for hydroxylation is 1. The Labute approximate surface area is 162 Å². The average Bonchev–Trinajstić information content (AvgIpc) is 2.58. The number of nitrogens with one attached hydrogen (secondary N) is 1. The van der Waals surface area contributed by atoms with Crippen LogP contribution in [-0.2, 0) is 19.6 Å². The molecule has 0 heterocycles. The molecule has 2 aromatic carbocycles. The van der Waals surface area contributed by atoms with Crippen molar-refractivity contribution in [2.75, 3.05) is 0 Å². The third-order valence-electron chi connectivity index (χ3n) is 4.22. The summed E-state index contributed by atoms with van der Waals surface area (Å²) in [7, 11) is -5.86. The van der Waals surface area contributed by atoms with Gasteiger partial charge >= 0.3 is 5.97 Å². The molecule has 146 valence electrons. The molecular formula is C20H27NO4SSi. The highest BCUT2D eigenvalue weighted by molar-refractivity contribution is 7.89. The number of hydrogen-bond acceptors (Lipinski definition) is 4. The summed E-state index contributed by atoms with van der Waals surface area (Å²) in [6, 6.07) is 15.3. The van der Waals surface area contributed by atoms with Gasteiger partial charge in [-0.2, -0.15) is 0 Å². The molecule has 0 aliphatic heterocycles. The molecule has 7 heteroatoms. The fourth-order valence-electron chi connectivity index (χ4n) is 2.84. The maximum Gasteiger partial charge on any atom is 0.302 e. The van der Waals surface area contributed by atoms with Crippen molar-refractivity contribution in [3.8, 4) is 0 Å². The summed E-state index contributed by atoms with van der Waals surface area (Å²) in [5.41, 5.74) is 1.20. The predicted molar refractivity (Wildman–Crippen MR) is 110 cm³/mol. The van der Waals surface area contributed by atoms with Gasteiger partial charge in [-0.15, -0.1) is 0 Å². The first-order valence-corrected chi connectivity index (χ1v) is 13.9. The molecule has 0 amide bonds. The van der Waals surface area contributed by atoms with Gasteiger partial charge in [-0.3, -0.25) is 4.79 Å². The minimum atomic E-state index is -3.78. The number of rotatable bonds is 7. The van der Waals surface area contributed by atoms with E-state index in [4.69, 9.17) is 4.74 Å². The molecule has 0 aromatic heterocycles. The number of ether oxygens (including phenoxy) is 1. The minimum Gasteiger partial charge on any atom is -0.464 e. The lowest BCUT2D eigenvalue weighted by molar-refractivity contribution is -0.144. The highest BCUT2D eigenvalue weighted by Crippen LogP contribution is 2.29. The molecule has 0 saturated heterocycles. The molecule has 2 rings (SSSR count). The zero-order valence-electron chi connectivity index (χ0n) is 16.4. The molecule has 0 saturated carbocycles. The van der Waals surface area contributed by atoms with Crippen LogP contribution in [-0.4, -0.2) is 28.2 Å². The lowest BCUT2D eigenvalue weighted by Crippen LogP contribution is -2.51. The molecule has 5 nitrogen and oxygen atoms in total. The Morgan fingerprint density at radius 3 is 2.04 bits per heavy atom. The summed E-state index contributed by atoms with van der Waals surface area (Å²) in [5, 5.41) is 0. The molecule has 2 aromatic rings. The van der Waals surface area contributed by atoms with Gasteiger partial charge in [-0.05, 0) is 24.6 Å². The van der Waals surface area contributed by atoms with Crippen LogP contribution in [0.5, 0.6) is 0 Å². The van der Waals surface area contributed by atoms with Crippen LogP contribution in [0.25, 0.3) is 0 Å². The Morgan fingerprint density at radius 2 is 1.56 bits per heavy atom. The van der Waals surface area contributed by atoms with Crippen molar-refractivity contribution in [2.45, 2.75) is 50.2 Å². The quantitative estimate of drug-likeness (QED) is 0.561. The van der Waals surface area contributed by atoms with Crippen LogP contribution in [0.2, 0.25) is 19.6 Å². The fourth-order valence-corrected chi connectivity index (χ4v) is 5.98. The highest BCUT2D eigenvalue weighted by Gasteiger charge is 2.39. The Hall–Kier alpha value is -1.96. The van der Waals surface area contributed by atoms with E-state index in [1.807, 2.05) is 37.3 Å². The van der Waals surface area contributed by atoms with Crippen LogP contribution in [0.3, 0.4) is 0 Å². The summed E-state index contributed by atoms with van der Waals surface area (Å²) in [5.74, 6) is -0.419. The lowest BCUT2D eigenvalue weighted by Gasteiger charge is -2.35. The van der Waals surface area contributed by atoms with Crippen LogP contribution in [0.4, 0.5) is 0 Å². The molecule has 27 heavy (non-hydrogen) atoms. The topological polar surface area (TPSA) is 72.5 Å². The smallest absolute Gasteiger partial charge is 0.302 e. The summed E-state index contributed by atoms with van der Waals surface area (Å²) in [4.78, 5) is 11.9. The fraction of sp³-hybridized carbons (Fsp3) is 0.350. The second-order valence-corrected chi connectivity index (χ2v) is 14.7. The molecule has 0 fully saturated rings. The molecule has 2 atom stereocenters. The van der Waals surface area contributed by atoms with E-state index >= 15 is 0 Å². The van der Waals surface area contributed by atoms with Gasteiger partial charge in [0.25, 0.3) is 0 Å². The summed E-state index contributed by atoms with van der Waals surface area (Å²) < 4.78 is 34.4. The third kappa shape index (κ3) is 5.75. The van der Waals surface area contributed by atoms with E-state index < -0.39 is 35.8 Å². The first kappa shape index (κ1) is 21.3. The van der Waals surface area contributed by atoms with E-state index in [1.165, 1.54) is 6.92 Å². The molecule has 0 aliphatic carbocycles. The lowest BCUT2D eigenvalue weighted by atomic mass is 10.1. The second-order valence-electron chi connectivity index (χ2n) is 7.72. The summed E-state index contributed by atoms with van der Waals surface area (Å²) in [6.45, 7) is 9.41. The zero-order chi connectivity index (χ0) is 20.2. The number of carbonyl (C=O) groups excluding carboxylic acids is 1. The molecule has 0 unspecified atom stereocenters. The highest BCUT2D eigenvalue weighted by atomic mass is 32.2. The predicted octanol–water partition coefficient (Wildman–Crippen LogP) is 3.82. The van der Waals surface area contributed by atoms with E-state index in [0.717, 1.165) is 11.1 Å². The normalized spacial score (nSPS) is 14.4. The molecule has 1 N–H and O–H groups in total. The Kier molecular flexibility index (Phi) is 6.62. The van der Waals surface area contributed by atoms with Crippen molar-refractivity contribution in [1.82, 2.24) is 4.72 Å². The van der Waals surface area contributed by atoms with Crippen LogP contribution >= 0.6 is 0 Å². The van der Waals surface area contributed by atoms with Gasteiger partial charge in [-0.25, -0.2) is 13.1 Å². The molecule has 0 spiro atoms. The number of hydrogen-bond donors (Lipinski definition) is 1. The average molecular weight is 406 g/mol. The van der Waals surface area contributed by atoms with E-state index in [9.17, 15) is 13.2 Å². The van der Waals surface area contributed by atoms with Gasteiger partial charge < -0.3 is 4.74 Å². The van der Waals surface area contributed by atoms with Crippen LogP contribution in [0, 0.1) is 6.92 Å². The number of benzene rings is 2. The van der Waals surface area contributed by atoms with Crippen molar-refractivity contribution < 1.29 is 17.9 Å². The first-order chi connectivity index (χ1) is 12.5. The summed E-state index contributed by atoms with van der Waals surface area (Å²) >= 11 is 0. The number of sulfonamides is 1. The third-order valence-corrected chi connectivity index (χ3v) is 7.84. The van der Waals surface area contributed by atoms with E-state index in [1.54, 1.807) is 24.3 Å². The van der Waals surface area contributed by atoms with Crippen molar-refractivity contribution >= 4 is 24.1 Å². The van der Waals surface area contributed by atoms with Gasteiger partial charge in [0.2, 0.25) is 10.0 Å². The van der Waals surface area contributed by atoms with Gasteiger partial charge in [-0.1, -0.05) is 67.7 Å². The van der Waals surface area contributed by atoms with E-state index in [-0.39, 0.29) is 4.90 Å². The van der Waals surface area contributed by atoms with Crippen molar-refractivity contribution in [2.24, 2.45) is 0 Å². The monoisotopic (exact) mass is 405 g/mol. The van der Waals surface area contributed by atoms with E-state index in [2.05, 4.69) is 24.4 Å². The van der Waals surface area contributed by atoms with Gasteiger partial charge in [0.05, 0.1) is 19.0 Å². The van der Waals surface area contributed by atoms with Gasteiger partial charge in [0, 0.05) is 6.92 Å². The molecule has 0 bridgehead atoms. The summed E-state index contributed by atoms with van der Waals surface area (Å²) in [6.07, 6.45) is 0. The number of esters is 1. The van der Waals surface area contributed by atoms with Gasteiger partial charge in [0.1, 0.15) is 5.73 Å². The SMILES string of the molecule is CC(=O)O[C@@H]([C@H](NS(=O)(=O)c1ccc(C)cc1)c1ccccc1)[Si](C)(C)C. The standard InChI is InChI=1S/C20H27NO4SSi/c1-15-11-13-18(14-12-15)26(23,24)21-19(17-9-7-6-8-10-17)20(25-16(2)22)27(3,4)5/h6-14,19-21H,1-5H3/t19-,20-/m1/s1. The minimum absolute atomic E-state index is 0.186. The van der Waals surface area contributed by atoms with Crippen molar-refractivity contribution in [3.05, 3.63) is 65.7 Å². The Balaban J connectivity index is 2.49. The molecular weight excluding hydrogens is 378 g/mol. The van der Waals surface area contributed by atoms with Crippen LogP contribution in [0.15, 0.2) is 59.5 Å². The molecule has 0 radical (unpaired) electrons. The largest absolute Gasteiger partial charge is 0.464 e. The second kappa shape index (κ2) is 8.37. The Morgan fingerprint density at radius 1 is 1.00 bits per heavy atom. The van der Waals surface area contributed by atoms with Gasteiger partial charge in [0.15, 0.2) is 0 Å². The maximum absolute atomic E-state index is 13.0.